The molecule has 4 atom stereocenters. The molecule has 0 aliphatic carbocycles. The largest absolute Gasteiger partial charge is 0.476 e. The van der Waals surface area contributed by atoms with Gasteiger partial charge in [0.05, 0.1) is 45.8 Å². The van der Waals surface area contributed by atoms with Crippen LogP contribution in [0.4, 0.5) is 16.2 Å². The molecule has 0 spiro atoms. The normalized spacial score (nSPS) is 18.1. The zero-order chi connectivity index (χ0) is 42.2. The number of nitrogens with zero attached hydrogens (tertiary/aromatic N) is 3. The van der Waals surface area contributed by atoms with E-state index in [9.17, 15) is 29.6 Å². The molecule has 1 fully saturated rings. The van der Waals surface area contributed by atoms with Gasteiger partial charge in [0.1, 0.15) is 17.4 Å². The number of amides is 1. The van der Waals surface area contributed by atoms with Gasteiger partial charge in [0.15, 0.2) is 0 Å². The minimum atomic E-state index is -4.74. The van der Waals surface area contributed by atoms with Gasteiger partial charge in [-0.1, -0.05) is 108 Å². The SMILES string of the molecule is CCCCCCCCCCCCC/C=C/[C@H]1OC(C)(C)N(C(=O)OC(C)(C)C)[C@H]1COP(=O)(O[C@@H](C)c1ccccc1[N+](=O)[O-])O[C@@H](C)c1ccccc1[N+](=O)[O-]. The van der Waals surface area contributed by atoms with Gasteiger partial charge in [-0.05, 0) is 73.4 Å². The first-order valence-electron chi connectivity index (χ1n) is 20.3. The van der Waals surface area contributed by atoms with Crippen LogP contribution in [-0.2, 0) is 27.6 Å². The maximum atomic E-state index is 14.8. The van der Waals surface area contributed by atoms with Crippen LogP contribution in [0, 0.1) is 20.2 Å². The maximum absolute atomic E-state index is 14.8. The van der Waals surface area contributed by atoms with Crippen LogP contribution in [-0.4, -0.2) is 50.9 Å². The van der Waals surface area contributed by atoms with E-state index in [1.54, 1.807) is 46.8 Å². The van der Waals surface area contributed by atoms with Gasteiger partial charge in [-0.25, -0.2) is 9.36 Å². The highest BCUT2D eigenvalue weighted by atomic mass is 31.2. The average molecular weight is 818 g/mol. The van der Waals surface area contributed by atoms with Crippen molar-refractivity contribution in [3.63, 3.8) is 0 Å². The number of ether oxygens (including phenoxy) is 2. The van der Waals surface area contributed by atoms with E-state index in [1.807, 2.05) is 12.2 Å². The second-order valence-corrected chi connectivity index (χ2v) is 17.6. The lowest BCUT2D eigenvalue weighted by Crippen LogP contribution is -2.51. The van der Waals surface area contributed by atoms with Crippen LogP contribution < -0.4 is 0 Å². The van der Waals surface area contributed by atoms with E-state index < -0.39 is 66.0 Å². The molecule has 1 amide bonds. The number of nitro benzene ring substituents is 2. The summed E-state index contributed by atoms with van der Waals surface area (Å²) >= 11 is 0. The number of rotatable bonds is 24. The second kappa shape index (κ2) is 22.5. The summed E-state index contributed by atoms with van der Waals surface area (Å²) in [5, 5.41) is 23.7. The lowest BCUT2D eigenvalue weighted by Gasteiger charge is -2.35. The molecule has 57 heavy (non-hydrogen) atoms. The second-order valence-electron chi connectivity index (χ2n) is 16.1. The Morgan fingerprint density at radius 1 is 0.842 bits per heavy atom. The van der Waals surface area contributed by atoms with Gasteiger partial charge >= 0.3 is 13.9 Å². The van der Waals surface area contributed by atoms with E-state index in [4.69, 9.17) is 23.0 Å². The lowest BCUT2D eigenvalue weighted by atomic mass is 10.0. The zero-order valence-corrected chi connectivity index (χ0v) is 35.9. The van der Waals surface area contributed by atoms with E-state index in [1.165, 1.54) is 113 Å². The highest BCUT2D eigenvalue weighted by Gasteiger charge is 2.51. The Morgan fingerprint density at radius 2 is 1.30 bits per heavy atom. The summed E-state index contributed by atoms with van der Waals surface area (Å²) in [6.07, 6.45) is 14.5. The molecule has 1 heterocycles. The molecule has 0 aromatic heterocycles. The molecular weight excluding hydrogens is 753 g/mol. The van der Waals surface area contributed by atoms with Crippen molar-refractivity contribution in [1.82, 2.24) is 4.90 Å². The zero-order valence-electron chi connectivity index (χ0n) is 35.1. The van der Waals surface area contributed by atoms with Gasteiger partial charge in [-0.15, -0.1) is 0 Å². The highest BCUT2D eigenvalue weighted by Crippen LogP contribution is 2.57. The van der Waals surface area contributed by atoms with Crippen LogP contribution >= 0.6 is 7.82 Å². The van der Waals surface area contributed by atoms with Gasteiger partial charge in [0.2, 0.25) is 0 Å². The maximum Gasteiger partial charge on any atom is 0.476 e. The fraction of sp³-hybridized carbons (Fsp3) is 0.643. The van der Waals surface area contributed by atoms with Gasteiger partial charge in [0, 0.05) is 12.1 Å². The molecule has 0 radical (unpaired) electrons. The number of allylic oxidation sites excluding steroid dienone is 1. The van der Waals surface area contributed by atoms with Crippen molar-refractivity contribution in [2.45, 2.75) is 168 Å². The minimum absolute atomic E-state index is 0.109. The summed E-state index contributed by atoms with van der Waals surface area (Å²) in [5.74, 6) is 0. The minimum Gasteiger partial charge on any atom is -0.444 e. The molecule has 14 nitrogen and oxygen atoms in total. The number of phosphoric ester groups is 1. The molecule has 2 aromatic carbocycles. The fourth-order valence-corrected chi connectivity index (χ4v) is 8.43. The van der Waals surface area contributed by atoms with Gasteiger partial charge < -0.3 is 9.47 Å². The topological polar surface area (TPSA) is 170 Å². The van der Waals surface area contributed by atoms with Crippen LogP contribution in [0.25, 0.3) is 0 Å². The third kappa shape index (κ3) is 15.2. The standard InChI is InChI=1S/C42H64N3O11P/c1-9-10-11-12-13-14-15-16-17-18-19-20-21-30-39-38(43(42(7,8)53-39)40(46)54-41(4,5)6)31-52-57(51,55-32(2)34-26-22-24-28-36(34)44(47)48)56-33(3)35-27-23-25-29-37(35)45(49)50/h21-30,32-33,38-39H,9-20,31H2,1-8H3/b30-21+/t32-,33-,38-,39+/m0/s1. The lowest BCUT2D eigenvalue weighted by molar-refractivity contribution is -0.386. The van der Waals surface area contributed by atoms with Crippen LogP contribution in [0.2, 0.25) is 0 Å². The Balaban J connectivity index is 1.85. The summed E-state index contributed by atoms with van der Waals surface area (Å²) in [7, 11) is -4.74. The van der Waals surface area contributed by atoms with E-state index in [2.05, 4.69) is 6.92 Å². The van der Waals surface area contributed by atoms with E-state index >= 15 is 0 Å². The fourth-order valence-electron chi connectivity index (χ4n) is 6.92. The van der Waals surface area contributed by atoms with Crippen molar-refractivity contribution in [3.05, 3.63) is 92.0 Å². The van der Waals surface area contributed by atoms with Crippen molar-refractivity contribution in [2.75, 3.05) is 6.61 Å². The van der Waals surface area contributed by atoms with Crippen molar-refractivity contribution in [3.8, 4) is 0 Å². The Labute approximate surface area is 338 Å². The number of hydrogen-bond acceptors (Lipinski definition) is 11. The molecule has 0 bridgehead atoms. The third-order valence-corrected chi connectivity index (χ3v) is 11.3. The highest BCUT2D eigenvalue weighted by molar-refractivity contribution is 7.48. The molecular formula is C42H64N3O11P. The van der Waals surface area contributed by atoms with E-state index in [0.717, 1.165) is 19.3 Å². The smallest absolute Gasteiger partial charge is 0.444 e. The number of phosphoric acid groups is 1. The number of benzene rings is 2. The van der Waals surface area contributed by atoms with Crippen LogP contribution in [0.15, 0.2) is 60.7 Å². The Bertz CT molecular complexity index is 1610. The van der Waals surface area contributed by atoms with Crippen molar-refractivity contribution >= 4 is 25.3 Å². The number of hydrogen-bond donors (Lipinski definition) is 0. The summed E-state index contributed by atoms with van der Waals surface area (Å²) < 4.78 is 44.9. The van der Waals surface area contributed by atoms with Crippen LogP contribution in [0.3, 0.4) is 0 Å². The van der Waals surface area contributed by atoms with E-state index in [-0.39, 0.29) is 22.5 Å². The van der Waals surface area contributed by atoms with Gasteiger partial charge in [-0.2, -0.15) is 0 Å². The third-order valence-electron chi connectivity index (χ3n) is 9.73. The van der Waals surface area contributed by atoms with Crippen molar-refractivity contribution in [1.29, 1.82) is 0 Å². The predicted octanol–water partition coefficient (Wildman–Crippen LogP) is 12.5. The number of unbranched alkanes of at least 4 members (excludes halogenated alkanes) is 11. The average Bonchev–Trinajstić information content (AvgIpc) is 3.40. The number of nitro groups is 2. The molecule has 1 aliphatic rings. The summed E-state index contributed by atoms with van der Waals surface area (Å²) in [5.41, 5.74) is -2.34. The first-order chi connectivity index (χ1) is 26.9. The molecule has 2 aromatic rings. The number of para-hydroxylation sites is 2. The van der Waals surface area contributed by atoms with Crippen molar-refractivity contribution in [2.24, 2.45) is 0 Å². The predicted molar refractivity (Wildman–Crippen MR) is 220 cm³/mol. The Kier molecular flexibility index (Phi) is 18.8. The first kappa shape index (κ1) is 47.7. The van der Waals surface area contributed by atoms with Gasteiger partial charge in [0.25, 0.3) is 11.4 Å². The molecule has 318 valence electrons. The molecule has 15 heteroatoms. The quantitative estimate of drug-likeness (QED) is 0.0325. The molecule has 0 saturated carbocycles. The molecule has 0 unspecified atom stereocenters. The number of carbonyl (C=O) groups excluding carboxylic acids is 1. The van der Waals surface area contributed by atoms with Gasteiger partial charge in [-0.3, -0.25) is 38.7 Å². The monoisotopic (exact) mass is 817 g/mol. The van der Waals surface area contributed by atoms with Crippen LogP contribution in [0.5, 0.6) is 0 Å². The Hall–Kier alpha value is -3.68. The number of carbonyl (C=O) groups is 1. The first-order valence-corrected chi connectivity index (χ1v) is 21.8. The molecule has 0 N–H and O–H groups in total. The van der Waals surface area contributed by atoms with E-state index in [0.29, 0.717) is 0 Å². The van der Waals surface area contributed by atoms with Crippen LogP contribution in [0.1, 0.15) is 156 Å². The molecule has 3 rings (SSSR count). The van der Waals surface area contributed by atoms with Crippen molar-refractivity contribution < 1.29 is 42.3 Å². The summed E-state index contributed by atoms with van der Waals surface area (Å²) in [6, 6.07) is 10.8. The summed E-state index contributed by atoms with van der Waals surface area (Å²) in [4.78, 5) is 37.7. The molecule has 1 saturated heterocycles. The Morgan fingerprint density at radius 3 is 1.75 bits per heavy atom. The summed E-state index contributed by atoms with van der Waals surface area (Å²) in [6.45, 7) is 13.4. The molecule has 1 aliphatic heterocycles.